The predicted molar refractivity (Wildman–Crippen MR) is 85.3 cm³/mol. The second-order valence-corrected chi connectivity index (χ2v) is 6.00. The van der Waals surface area contributed by atoms with E-state index in [0.717, 1.165) is 5.56 Å². The van der Waals surface area contributed by atoms with Gasteiger partial charge in [0, 0.05) is 5.02 Å². The van der Waals surface area contributed by atoms with Crippen molar-refractivity contribution in [1.29, 1.82) is 0 Å². The molecule has 6 heteroatoms. The molecule has 122 valence electrons. The van der Waals surface area contributed by atoms with Gasteiger partial charge in [0.1, 0.15) is 11.8 Å². The Balaban J connectivity index is 2.41. The number of carboxylic acids is 1. The summed E-state index contributed by atoms with van der Waals surface area (Å²) in [5.41, 5.74) is 0.895. The quantitative estimate of drug-likeness (QED) is 0.769. The predicted octanol–water partition coefficient (Wildman–Crippen LogP) is 3.03. The van der Waals surface area contributed by atoms with E-state index in [0.29, 0.717) is 17.2 Å². The molecule has 0 bridgehead atoms. The van der Waals surface area contributed by atoms with Crippen molar-refractivity contribution in [3.8, 4) is 5.75 Å². The SMILES string of the molecule is Cc1cc(OCCC(=O)NC(CC(C)C)C(=O)O)ccc1Cl. The van der Waals surface area contributed by atoms with Crippen molar-refractivity contribution in [3.05, 3.63) is 28.8 Å². The Hall–Kier alpha value is -1.75. The molecule has 5 nitrogen and oxygen atoms in total. The summed E-state index contributed by atoms with van der Waals surface area (Å²) in [5.74, 6) is -0.531. The maximum atomic E-state index is 11.8. The first-order valence-corrected chi connectivity index (χ1v) is 7.58. The summed E-state index contributed by atoms with van der Waals surface area (Å²) >= 11 is 5.92. The number of carbonyl (C=O) groups is 2. The fourth-order valence-corrected chi connectivity index (χ4v) is 2.05. The van der Waals surface area contributed by atoms with E-state index >= 15 is 0 Å². The number of nitrogens with one attached hydrogen (secondary N) is 1. The fraction of sp³-hybridized carbons (Fsp3) is 0.500. The standard InChI is InChI=1S/C16H22ClNO4/c1-10(2)8-14(16(20)21)18-15(19)6-7-22-12-4-5-13(17)11(3)9-12/h4-5,9-10,14H,6-8H2,1-3H3,(H,18,19)(H,20,21). The number of hydrogen-bond acceptors (Lipinski definition) is 3. The number of halogens is 1. The lowest BCUT2D eigenvalue weighted by molar-refractivity contribution is -0.142. The monoisotopic (exact) mass is 327 g/mol. The Labute approximate surface area is 135 Å². The van der Waals surface area contributed by atoms with Crippen LogP contribution in [0.2, 0.25) is 5.02 Å². The van der Waals surface area contributed by atoms with Crippen molar-refractivity contribution in [2.45, 2.75) is 39.7 Å². The maximum Gasteiger partial charge on any atom is 0.326 e. The Morgan fingerprint density at radius 1 is 1.36 bits per heavy atom. The van der Waals surface area contributed by atoms with Crippen LogP contribution in [0.15, 0.2) is 18.2 Å². The van der Waals surface area contributed by atoms with E-state index in [1.165, 1.54) is 0 Å². The topological polar surface area (TPSA) is 75.6 Å². The zero-order valence-electron chi connectivity index (χ0n) is 13.1. The van der Waals surface area contributed by atoms with Gasteiger partial charge in [-0.05, 0) is 43.0 Å². The molecule has 1 aromatic rings. The summed E-state index contributed by atoms with van der Waals surface area (Å²) in [4.78, 5) is 22.9. The summed E-state index contributed by atoms with van der Waals surface area (Å²) in [6, 6.07) is 4.39. The van der Waals surface area contributed by atoms with E-state index in [9.17, 15) is 9.59 Å². The number of aryl methyl sites for hydroxylation is 1. The van der Waals surface area contributed by atoms with Crippen LogP contribution in [0.25, 0.3) is 0 Å². The molecule has 0 fully saturated rings. The minimum atomic E-state index is -1.02. The molecule has 22 heavy (non-hydrogen) atoms. The van der Waals surface area contributed by atoms with Crippen LogP contribution < -0.4 is 10.1 Å². The minimum Gasteiger partial charge on any atom is -0.493 e. The number of carboxylic acid groups (broad SMARTS) is 1. The van der Waals surface area contributed by atoms with E-state index in [4.69, 9.17) is 21.4 Å². The molecule has 0 aliphatic rings. The van der Waals surface area contributed by atoms with Crippen molar-refractivity contribution in [2.75, 3.05) is 6.61 Å². The summed E-state index contributed by atoms with van der Waals surface area (Å²) in [5, 5.41) is 12.2. The molecular formula is C16H22ClNO4. The summed E-state index contributed by atoms with van der Waals surface area (Å²) in [6.45, 7) is 5.87. The fourth-order valence-electron chi connectivity index (χ4n) is 1.93. The smallest absolute Gasteiger partial charge is 0.326 e. The van der Waals surface area contributed by atoms with Crippen LogP contribution in [0.4, 0.5) is 0 Å². The molecule has 0 aromatic heterocycles. The summed E-state index contributed by atoms with van der Waals surface area (Å²) in [7, 11) is 0. The largest absolute Gasteiger partial charge is 0.493 e. The summed E-state index contributed by atoms with van der Waals surface area (Å²) < 4.78 is 5.47. The summed E-state index contributed by atoms with van der Waals surface area (Å²) in [6.07, 6.45) is 0.502. The molecule has 1 amide bonds. The molecule has 0 saturated carbocycles. The zero-order valence-corrected chi connectivity index (χ0v) is 13.8. The lowest BCUT2D eigenvalue weighted by Crippen LogP contribution is -2.42. The molecule has 0 spiro atoms. The number of ether oxygens (including phenoxy) is 1. The van der Waals surface area contributed by atoms with Crippen molar-refractivity contribution in [1.82, 2.24) is 5.32 Å². The van der Waals surface area contributed by atoms with E-state index < -0.39 is 12.0 Å². The van der Waals surface area contributed by atoms with Crippen molar-refractivity contribution in [3.63, 3.8) is 0 Å². The third kappa shape index (κ3) is 6.35. The molecular weight excluding hydrogens is 306 g/mol. The number of carbonyl (C=O) groups excluding carboxylic acids is 1. The highest BCUT2D eigenvalue weighted by Gasteiger charge is 2.20. The average Bonchev–Trinajstić information content (AvgIpc) is 2.41. The Bertz CT molecular complexity index is 531. The molecule has 2 N–H and O–H groups in total. The zero-order chi connectivity index (χ0) is 16.7. The van der Waals surface area contributed by atoms with Crippen LogP contribution in [0.3, 0.4) is 0 Å². The van der Waals surface area contributed by atoms with E-state index in [1.807, 2.05) is 20.8 Å². The molecule has 1 unspecified atom stereocenters. The second kappa shape index (κ2) is 8.63. The van der Waals surface area contributed by atoms with Gasteiger partial charge in [0.15, 0.2) is 0 Å². The normalized spacial score (nSPS) is 12.0. The highest BCUT2D eigenvalue weighted by atomic mass is 35.5. The van der Waals surface area contributed by atoms with Crippen LogP contribution in [0.1, 0.15) is 32.3 Å². The van der Waals surface area contributed by atoms with Crippen LogP contribution >= 0.6 is 11.6 Å². The lowest BCUT2D eigenvalue weighted by Gasteiger charge is -2.16. The molecule has 1 atom stereocenters. The van der Waals surface area contributed by atoms with Crippen LogP contribution in [0.5, 0.6) is 5.75 Å². The molecule has 1 rings (SSSR count). The van der Waals surface area contributed by atoms with Crippen LogP contribution in [0, 0.1) is 12.8 Å². The third-order valence-corrected chi connectivity index (χ3v) is 3.49. The first-order valence-electron chi connectivity index (χ1n) is 7.20. The van der Waals surface area contributed by atoms with Crippen molar-refractivity contribution < 1.29 is 19.4 Å². The second-order valence-electron chi connectivity index (χ2n) is 5.60. The van der Waals surface area contributed by atoms with Crippen LogP contribution in [-0.4, -0.2) is 29.6 Å². The van der Waals surface area contributed by atoms with E-state index in [-0.39, 0.29) is 24.9 Å². The molecule has 0 aliphatic carbocycles. The number of rotatable bonds is 8. The highest BCUT2D eigenvalue weighted by Crippen LogP contribution is 2.21. The molecule has 0 saturated heterocycles. The number of hydrogen-bond donors (Lipinski definition) is 2. The number of amides is 1. The van der Waals surface area contributed by atoms with Gasteiger partial charge in [-0.25, -0.2) is 4.79 Å². The van der Waals surface area contributed by atoms with Gasteiger partial charge >= 0.3 is 5.97 Å². The van der Waals surface area contributed by atoms with Crippen LogP contribution in [-0.2, 0) is 9.59 Å². The Morgan fingerprint density at radius 2 is 2.05 bits per heavy atom. The van der Waals surface area contributed by atoms with Gasteiger partial charge in [-0.3, -0.25) is 4.79 Å². The Kier molecular flexibility index (Phi) is 7.18. The van der Waals surface area contributed by atoms with Gasteiger partial charge in [0.05, 0.1) is 13.0 Å². The maximum absolute atomic E-state index is 11.8. The number of benzene rings is 1. The van der Waals surface area contributed by atoms with E-state index in [1.54, 1.807) is 18.2 Å². The number of aliphatic carboxylic acids is 1. The Morgan fingerprint density at radius 3 is 2.59 bits per heavy atom. The van der Waals surface area contributed by atoms with Crippen molar-refractivity contribution in [2.24, 2.45) is 5.92 Å². The van der Waals surface area contributed by atoms with Gasteiger partial charge in [-0.2, -0.15) is 0 Å². The molecule has 1 aromatic carbocycles. The van der Waals surface area contributed by atoms with Gasteiger partial charge < -0.3 is 15.2 Å². The van der Waals surface area contributed by atoms with Gasteiger partial charge in [-0.1, -0.05) is 25.4 Å². The first-order chi connectivity index (χ1) is 10.3. The highest BCUT2D eigenvalue weighted by molar-refractivity contribution is 6.31. The average molecular weight is 328 g/mol. The molecule has 0 radical (unpaired) electrons. The molecule has 0 aliphatic heterocycles. The molecule has 0 heterocycles. The van der Waals surface area contributed by atoms with Gasteiger partial charge in [0.2, 0.25) is 5.91 Å². The van der Waals surface area contributed by atoms with Gasteiger partial charge in [0.25, 0.3) is 0 Å². The lowest BCUT2D eigenvalue weighted by atomic mass is 10.0. The minimum absolute atomic E-state index is 0.101. The first kappa shape index (κ1) is 18.3. The third-order valence-electron chi connectivity index (χ3n) is 3.07. The van der Waals surface area contributed by atoms with E-state index in [2.05, 4.69) is 5.32 Å². The van der Waals surface area contributed by atoms with Crippen molar-refractivity contribution >= 4 is 23.5 Å². The van der Waals surface area contributed by atoms with Gasteiger partial charge in [-0.15, -0.1) is 0 Å².